The van der Waals surface area contributed by atoms with Crippen molar-refractivity contribution in [2.45, 2.75) is 67.6 Å². The maximum absolute atomic E-state index is 11.9. The monoisotopic (exact) mass is 375 g/mol. The van der Waals surface area contributed by atoms with Crippen LogP contribution in [0.4, 0.5) is 0 Å². The third-order valence-electron chi connectivity index (χ3n) is 2.76. The standard InChI is InChI=1S/C11H22INO3S/c1-7(13-17(15)11(2,3)4)9-6-5-8(12)10(14)16-9/h7-10,13-14H,5-6H2,1-4H3/t7-,8-,9+,10-,17-/m1/s1. The largest absolute Gasteiger partial charge is 0.598 e. The molecule has 1 aliphatic rings. The van der Waals surface area contributed by atoms with E-state index in [0.29, 0.717) is 0 Å². The van der Waals surface area contributed by atoms with Gasteiger partial charge in [0.05, 0.1) is 16.1 Å². The SMILES string of the molecule is C[C@@H](N[S@+]([O-])C(C)(C)C)[C@@H]1CC[C@@H](I)[C@H](O)O1. The second-order valence-electron chi connectivity index (χ2n) is 5.45. The van der Waals surface area contributed by atoms with Gasteiger partial charge in [0.2, 0.25) is 0 Å². The van der Waals surface area contributed by atoms with Crippen LogP contribution >= 0.6 is 22.6 Å². The molecule has 0 aromatic heterocycles. The average molecular weight is 375 g/mol. The summed E-state index contributed by atoms with van der Waals surface area (Å²) in [6.45, 7) is 7.75. The quantitative estimate of drug-likeness (QED) is 0.448. The first-order valence-electron chi connectivity index (χ1n) is 5.87. The number of aliphatic hydroxyl groups is 1. The minimum absolute atomic E-state index is 0.0198. The Bertz CT molecular complexity index is 249. The molecule has 102 valence electrons. The van der Waals surface area contributed by atoms with Crippen molar-refractivity contribution in [3.63, 3.8) is 0 Å². The predicted molar refractivity (Wildman–Crippen MR) is 78.4 cm³/mol. The van der Waals surface area contributed by atoms with Gasteiger partial charge in [0.25, 0.3) is 0 Å². The summed E-state index contributed by atoms with van der Waals surface area (Å²) in [5.74, 6) is 0. The number of hydrogen-bond acceptors (Lipinski definition) is 4. The van der Waals surface area contributed by atoms with Gasteiger partial charge in [0, 0.05) is 11.4 Å². The Hall–Kier alpha value is 0.920. The van der Waals surface area contributed by atoms with Crippen LogP contribution < -0.4 is 4.72 Å². The molecule has 0 aliphatic carbocycles. The second-order valence-corrected chi connectivity index (χ2v) is 9.04. The van der Waals surface area contributed by atoms with Crippen LogP contribution in [0, 0.1) is 0 Å². The van der Waals surface area contributed by atoms with E-state index in [-0.39, 0.29) is 20.8 Å². The van der Waals surface area contributed by atoms with Gasteiger partial charge >= 0.3 is 0 Å². The Morgan fingerprint density at radius 1 is 1.47 bits per heavy atom. The molecule has 1 saturated heterocycles. The molecule has 17 heavy (non-hydrogen) atoms. The Kier molecular flexibility index (Phi) is 6.00. The second kappa shape index (κ2) is 6.38. The van der Waals surface area contributed by atoms with E-state index in [1.807, 2.05) is 27.7 Å². The van der Waals surface area contributed by atoms with E-state index in [1.54, 1.807) is 0 Å². The van der Waals surface area contributed by atoms with Crippen LogP contribution in [0.1, 0.15) is 40.5 Å². The number of nitrogens with one attached hydrogen (secondary N) is 1. The zero-order valence-corrected chi connectivity index (χ0v) is 13.7. The lowest BCUT2D eigenvalue weighted by molar-refractivity contribution is -0.160. The van der Waals surface area contributed by atoms with Crippen LogP contribution in [0.15, 0.2) is 0 Å². The number of alkyl halides is 1. The molecule has 0 spiro atoms. The van der Waals surface area contributed by atoms with Crippen molar-refractivity contribution in [2.24, 2.45) is 0 Å². The average Bonchev–Trinajstić information content (AvgIpc) is 2.20. The Morgan fingerprint density at radius 2 is 2.06 bits per heavy atom. The molecule has 1 rings (SSSR count). The first-order valence-corrected chi connectivity index (χ1v) is 8.27. The van der Waals surface area contributed by atoms with Crippen molar-refractivity contribution in [3.8, 4) is 0 Å². The maximum Gasteiger partial charge on any atom is 0.166 e. The lowest BCUT2D eigenvalue weighted by Gasteiger charge is -2.35. The Balaban J connectivity index is 2.46. The zero-order valence-electron chi connectivity index (χ0n) is 10.8. The number of hydrogen-bond donors (Lipinski definition) is 2. The molecule has 1 heterocycles. The van der Waals surface area contributed by atoms with E-state index in [1.165, 1.54) is 0 Å². The van der Waals surface area contributed by atoms with Gasteiger partial charge in [-0.15, -0.1) is 4.72 Å². The fourth-order valence-corrected chi connectivity index (χ4v) is 2.96. The van der Waals surface area contributed by atoms with Crippen molar-refractivity contribution in [1.82, 2.24) is 4.72 Å². The summed E-state index contributed by atoms with van der Waals surface area (Å²) >= 11 is 1.10. The molecule has 4 nitrogen and oxygen atoms in total. The summed E-state index contributed by atoms with van der Waals surface area (Å²) in [6.07, 6.45) is 1.05. The summed E-state index contributed by atoms with van der Waals surface area (Å²) in [7, 11) is 0. The summed E-state index contributed by atoms with van der Waals surface area (Å²) in [5, 5.41) is 9.66. The van der Waals surface area contributed by atoms with Gasteiger partial charge in [-0.05, 0) is 40.5 Å². The van der Waals surface area contributed by atoms with Crippen molar-refractivity contribution < 1.29 is 14.4 Å². The van der Waals surface area contributed by atoms with Gasteiger partial charge in [-0.1, -0.05) is 22.6 Å². The molecule has 0 amide bonds. The van der Waals surface area contributed by atoms with Crippen LogP contribution in [-0.4, -0.2) is 36.8 Å². The lowest BCUT2D eigenvalue weighted by atomic mass is 10.0. The van der Waals surface area contributed by atoms with Crippen LogP contribution in [0.25, 0.3) is 0 Å². The van der Waals surface area contributed by atoms with Crippen LogP contribution in [0.3, 0.4) is 0 Å². The van der Waals surface area contributed by atoms with E-state index < -0.39 is 17.7 Å². The summed E-state index contributed by atoms with van der Waals surface area (Å²) in [6, 6.07) is -0.0198. The summed E-state index contributed by atoms with van der Waals surface area (Å²) < 4.78 is 20.4. The van der Waals surface area contributed by atoms with E-state index in [2.05, 4.69) is 27.3 Å². The summed E-state index contributed by atoms with van der Waals surface area (Å²) in [4.78, 5) is 0. The molecule has 0 aromatic rings. The maximum atomic E-state index is 11.9. The first kappa shape index (κ1) is 16.0. The molecule has 6 heteroatoms. The molecule has 2 N–H and O–H groups in total. The highest BCUT2D eigenvalue weighted by molar-refractivity contribution is 14.1. The number of halogens is 1. The van der Waals surface area contributed by atoms with Crippen molar-refractivity contribution in [3.05, 3.63) is 0 Å². The normalized spacial score (nSPS) is 34.4. The molecule has 0 radical (unpaired) electrons. The number of aliphatic hydroxyl groups excluding tert-OH is 1. The van der Waals surface area contributed by atoms with Gasteiger partial charge in [0.1, 0.15) is 4.75 Å². The van der Waals surface area contributed by atoms with E-state index in [9.17, 15) is 9.66 Å². The van der Waals surface area contributed by atoms with Crippen molar-refractivity contribution in [2.75, 3.05) is 0 Å². The van der Waals surface area contributed by atoms with Gasteiger partial charge in [-0.25, -0.2) is 0 Å². The third-order valence-corrected chi connectivity index (χ3v) is 5.69. The number of rotatable bonds is 3. The molecular weight excluding hydrogens is 353 g/mol. The van der Waals surface area contributed by atoms with Crippen molar-refractivity contribution >= 4 is 34.0 Å². The molecular formula is C11H22INO3S. The predicted octanol–water partition coefficient (Wildman–Crippen LogP) is 1.73. The lowest BCUT2D eigenvalue weighted by Crippen LogP contribution is -2.51. The smallest absolute Gasteiger partial charge is 0.166 e. The topological polar surface area (TPSA) is 64.5 Å². The van der Waals surface area contributed by atoms with Crippen LogP contribution in [-0.2, 0) is 16.1 Å². The molecule has 5 atom stereocenters. The van der Waals surface area contributed by atoms with Gasteiger partial charge < -0.3 is 14.4 Å². The van der Waals surface area contributed by atoms with Gasteiger partial charge in [-0.2, -0.15) is 0 Å². The minimum Gasteiger partial charge on any atom is -0.598 e. The third kappa shape index (κ3) is 4.83. The number of ether oxygens (including phenoxy) is 1. The van der Waals surface area contributed by atoms with Gasteiger partial charge in [-0.3, -0.25) is 0 Å². The molecule has 1 aliphatic heterocycles. The Labute approximate surface area is 120 Å². The first-order chi connectivity index (χ1) is 7.71. The van der Waals surface area contributed by atoms with Gasteiger partial charge in [0.15, 0.2) is 6.29 Å². The fraction of sp³-hybridized carbons (Fsp3) is 1.00. The van der Waals surface area contributed by atoms with Crippen LogP contribution in [0.5, 0.6) is 0 Å². The minimum atomic E-state index is -1.10. The molecule has 1 fully saturated rings. The highest BCUT2D eigenvalue weighted by Crippen LogP contribution is 2.26. The molecule has 0 bridgehead atoms. The molecule has 0 unspecified atom stereocenters. The van der Waals surface area contributed by atoms with E-state index >= 15 is 0 Å². The van der Waals surface area contributed by atoms with E-state index in [4.69, 9.17) is 4.74 Å². The highest BCUT2D eigenvalue weighted by atomic mass is 127. The Morgan fingerprint density at radius 3 is 2.53 bits per heavy atom. The summed E-state index contributed by atoms with van der Waals surface area (Å²) in [5.41, 5.74) is 0. The van der Waals surface area contributed by atoms with Crippen LogP contribution in [0.2, 0.25) is 0 Å². The van der Waals surface area contributed by atoms with E-state index in [0.717, 1.165) is 12.8 Å². The zero-order chi connectivity index (χ0) is 13.2. The van der Waals surface area contributed by atoms with Crippen molar-refractivity contribution in [1.29, 1.82) is 0 Å². The molecule has 0 aromatic carbocycles. The fourth-order valence-electron chi connectivity index (χ4n) is 1.59. The highest BCUT2D eigenvalue weighted by Gasteiger charge is 2.35. The molecule has 0 saturated carbocycles.